The summed E-state index contributed by atoms with van der Waals surface area (Å²) in [6.07, 6.45) is 2.37. The first-order valence-corrected chi connectivity index (χ1v) is 13.3. The SMILES string of the molecule is CCc1ccc(S(=O)(=O)N=C2C=C(Sc3nc4ccccc4s3)C(=O)c3ccccc32)cc1. The Kier molecular flexibility index (Phi) is 5.74. The normalized spacial score (nSPS) is 15.0. The molecule has 4 aromatic rings. The fourth-order valence-corrected chi connectivity index (χ4v) is 6.63. The number of hydrogen-bond acceptors (Lipinski definition) is 6. The summed E-state index contributed by atoms with van der Waals surface area (Å²) >= 11 is 2.73. The molecule has 0 aliphatic heterocycles. The van der Waals surface area contributed by atoms with Crippen LogP contribution in [0.3, 0.4) is 0 Å². The van der Waals surface area contributed by atoms with E-state index in [1.165, 1.54) is 23.1 Å². The van der Waals surface area contributed by atoms with Gasteiger partial charge in [0, 0.05) is 11.1 Å². The first kappa shape index (κ1) is 21.8. The Labute approximate surface area is 200 Å². The van der Waals surface area contributed by atoms with Crippen molar-refractivity contribution in [2.45, 2.75) is 22.6 Å². The van der Waals surface area contributed by atoms with Gasteiger partial charge in [0.2, 0.25) is 5.78 Å². The van der Waals surface area contributed by atoms with Gasteiger partial charge in [-0.3, -0.25) is 4.79 Å². The third-order valence-corrected chi connectivity index (χ3v) is 8.68. The molecule has 1 aromatic heterocycles. The summed E-state index contributed by atoms with van der Waals surface area (Å²) in [7, 11) is -3.95. The van der Waals surface area contributed by atoms with E-state index in [-0.39, 0.29) is 16.4 Å². The molecule has 0 bridgehead atoms. The number of hydrogen-bond donors (Lipinski definition) is 0. The molecule has 0 spiro atoms. The molecule has 0 saturated heterocycles. The van der Waals surface area contributed by atoms with E-state index in [4.69, 9.17) is 0 Å². The van der Waals surface area contributed by atoms with Crippen LogP contribution in [0.25, 0.3) is 10.2 Å². The van der Waals surface area contributed by atoms with Crippen LogP contribution in [-0.2, 0) is 16.4 Å². The average Bonchev–Trinajstić information content (AvgIpc) is 3.24. The van der Waals surface area contributed by atoms with Crippen molar-refractivity contribution in [1.82, 2.24) is 4.98 Å². The smallest absolute Gasteiger partial charge is 0.282 e. The number of thioether (sulfide) groups is 1. The Bertz CT molecular complexity index is 1520. The van der Waals surface area contributed by atoms with E-state index in [1.807, 2.05) is 31.2 Å². The van der Waals surface area contributed by atoms with E-state index in [0.29, 0.717) is 20.4 Å². The summed E-state index contributed by atoms with van der Waals surface area (Å²) in [4.78, 5) is 18.3. The topological polar surface area (TPSA) is 76.5 Å². The number of para-hydroxylation sites is 1. The van der Waals surface area contributed by atoms with Gasteiger partial charge in [0.25, 0.3) is 10.0 Å². The molecule has 33 heavy (non-hydrogen) atoms. The number of aryl methyl sites for hydroxylation is 1. The Hall–Kier alpha value is -3.07. The molecule has 1 aliphatic rings. The minimum atomic E-state index is -3.95. The van der Waals surface area contributed by atoms with Gasteiger partial charge >= 0.3 is 0 Å². The van der Waals surface area contributed by atoms with Crippen molar-refractivity contribution in [3.05, 3.63) is 100 Å². The molecule has 5 rings (SSSR count). The standard InChI is InChI=1S/C25H18N2O3S3/c1-2-16-11-13-17(14-12-16)33(29,30)27-21-15-23(24(28)19-8-4-3-7-18(19)21)32-25-26-20-9-5-6-10-22(20)31-25/h3-15H,2H2,1H3. The van der Waals surface area contributed by atoms with Crippen LogP contribution in [0, 0.1) is 0 Å². The van der Waals surface area contributed by atoms with E-state index in [1.54, 1.807) is 54.6 Å². The number of Topliss-reactive ketones (excluding diaryl/α,β-unsaturated/α-hetero) is 1. The number of sulfonamides is 1. The summed E-state index contributed by atoms with van der Waals surface area (Å²) in [6, 6.07) is 21.4. The summed E-state index contributed by atoms with van der Waals surface area (Å²) in [6.45, 7) is 2.01. The van der Waals surface area contributed by atoms with Gasteiger partial charge in [-0.05, 0) is 42.3 Å². The highest BCUT2D eigenvalue weighted by atomic mass is 32.2. The molecule has 0 radical (unpaired) electrons. The third kappa shape index (κ3) is 4.29. The minimum absolute atomic E-state index is 0.121. The molecule has 164 valence electrons. The lowest BCUT2D eigenvalue weighted by Crippen LogP contribution is -2.17. The third-order valence-electron chi connectivity index (χ3n) is 5.26. The zero-order chi connectivity index (χ0) is 23.0. The predicted molar refractivity (Wildman–Crippen MR) is 134 cm³/mol. The van der Waals surface area contributed by atoms with Crippen LogP contribution in [0.15, 0.2) is 97.4 Å². The monoisotopic (exact) mass is 490 g/mol. The second-order valence-corrected chi connectivity index (χ2v) is 11.3. The lowest BCUT2D eigenvalue weighted by Gasteiger charge is -2.16. The number of thiazole rings is 1. The van der Waals surface area contributed by atoms with Crippen LogP contribution in [0.1, 0.15) is 28.4 Å². The second-order valence-electron chi connectivity index (χ2n) is 7.38. The van der Waals surface area contributed by atoms with Gasteiger partial charge in [-0.25, -0.2) is 4.98 Å². The summed E-state index contributed by atoms with van der Waals surface area (Å²) in [5.41, 5.74) is 3.09. The molecular formula is C25H18N2O3S3. The summed E-state index contributed by atoms with van der Waals surface area (Å²) < 4.78 is 32.0. The van der Waals surface area contributed by atoms with Gasteiger partial charge in [0.15, 0.2) is 4.34 Å². The molecule has 1 aliphatic carbocycles. The van der Waals surface area contributed by atoms with Crippen molar-refractivity contribution in [1.29, 1.82) is 0 Å². The van der Waals surface area contributed by atoms with E-state index in [9.17, 15) is 13.2 Å². The Morgan fingerprint density at radius 1 is 0.939 bits per heavy atom. The maximum atomic E-state index is 13.2. The van der Waals surface area contributed by atoms with Crippen molar-refractivity contribution < 1.29 is 13.2 Å². The fraction of sp³-hybridized carbons (Fsp3) is 0.0800. The quantitative estimate of drug-likeness (QED) is 0.348. The fourth-order valence-electron chi connectivity index (χ4n) is 3.52. The van der Waals surface area contributed by atoms with Crippen LogP contribution in [0.5, 0.6) is 0 Å². The lowest BCUT2D eigenvalue weighted by molar-refractivity contribution is 0.104. The highest BCUT2D eigenvalue weighted by Crippen LogP contribution is 2.37. The van der Waals surface area contributed by atoms with Gasteiger partial charge in [-0.2, -0.15) is 12.8 Å². The number of benzene rings is 3. The first-order chi connectivity index (χ1) is 15.9. The average molecular weight is 491 g/mol. The maximum Gasteiger partial charge on any atom is 0.282 e. The van der Waals surface area contributed by atoms with Crippen molar-refractivity contribution in [3.8, 4) is 0 Å². The summed E-state index contributed by atoms with van der Waals surface area (Å²) in [5, 5.41) is 0. The lowest BCUT2D eigenvalue weighted by atomic mass is 9.94. The van der Waals surface area contributed by atoms with Crippen LogP contribution in [-0.4, -0.2) is 24.9 Å². The number of nitrogens with zero attached hydrogens (tertiary/aromatic N) is 2. The number of rotatable bonds is 5. The number of carbonyl (C=O) groups excluding carboxylic acids is 1. The number of ketones is 1. The number of carbonyl (C=O) groups is 1. The van der Waals surface area contributed by atoms with Crippen LogP contribution < -0.4 is 0 Å². The molecule has 0 amide bonds. The Morgan fingerprint density at radius 3 is 2.36 bits per heavy atom. The van der Waals surface area contributed by atoms with E-state index >= 15 is 0 Å². The molecule has 8 heteroatoms. The van der Waals surface area contributed by atoms with Crippen LogP contribution >= 0.6 is 23.1 Å². The zero-order valence-corrected chi connectivity index (χ0v) is 20.0. The van der Waals surface area contributed by atoms with E-state index in [2.05, 4.69) is 9.38 Å². The van der Waals surface area contributed by atoms with Gasteiger partial charge in [-0.1, -0.05) is 67.2 Å². The molecule has 3 aromatic carbocycles. The highest BCUT2D eigenvalue weighted by molar-refractivity contribution is 8.05. The van der Waals surface area contributed by atoms with Crippen molar-refractivity contribution in [3.63, 3.8) is 0 Å². The molecule has 5 nitrogen and oxygen atoms in total. The van der Waals surface area contributed by atoms with E-state index < -0.39 is 10.0 Å². The van der Waals surface area contributed by atoms with Gasteiger partial charge in [-0.15, -0.1) is 11.3 Å². The van der Waals surface area contributed by atoms with E-state index in [0.717, 1.165) is 22.2 Å². The Balaban J connectivity index is 1.57. The summed E-state index contributed by atoms with van der Waals surface area (Å²) in [5.74, 6) is -0.168. The molecule has 0 saturated carbocycles. The molecule has 0 unspecified atom stereocenters. The zero-order valence-electron chi connectivity index (χ0n) is 17.6. The highest BCUT2D eigenvalue weighted by Gasteiger charge is 2.27. The van der Waals surface area contributed by atoms with Gasteiger partial charge < -0.3 is 0 Å². The van der Waals surface area contributed by atoms with Crippen molar-refractivity contribution in [2.24, 2.45) is 4.40 Å². The molecule has 0 N–H and O–H groups in total. The second kappa shape index (κ2) is 8.70. The number of allylic oxidation sites excluding steroid dienone is 2. The van der Waals surface area contributed by atoms with Crippen molar-refractivity contribution >= 4 is 54.8 Å². The van der Waals surface area contributed by atoms with Crippen LogP contribution in [0.4, 0.5) is 0 Å². The largest absolute Gasteiger partial charge is 0.288 e. The number of aromatic nitrogens is 1. The van der Waals surface area contributed by atoms with Crippen molar-refractivity contribution in [2.75, 3.05) is 0 Å². The minimum Gasteiger partial charge on any atom is -0.288 e. The molecule has 1 heterocycles. The van der Waals surface area contributed by atoms with Crippen LogP contribution in [0.2, 0.25) is 0 Å². The maximum absolute atomic E-state index is 13.2. The molecule has 0 fully saturated rings. The number of fused-ring (bicyclic) bond motifs is 2. The molecular weight excluding hydrogens is 472 g/mol. The van der Waals surface area contributed by atoms with Gasteiger partial charge in [0.1, 0.15) is 0 Å². The van der Waals surface area contributed by atoms with Gasteiger partial charge in [0.05, 0.1) is 25.7 Å². The predicted octanol–water partition coefficient (Wildman–Crippen LogP) is 5.91. The first-order valence-electron chi connectivity index (χ1n) is 10.3. The Morgan fingerprint density at radius 2 is 1.64 bits per heavy atom. The molecule has 0 atom stereocenters.